The molecule has 0 spiro atoms. The van der Waals surface area contributed by atoms with Crippen LogP contribution in [0.4, 0.5) is 4.39 Å². The topological polar surface area (TPSA) is 122 Å². The molecule has 0 fully saturated rings. The number of aromatic nitrogens is 2. The molecule has 0 aliphatic heterocycles. The Morgan fingerprint density at radius 1 is 1.26 bits per heavy atom. The van der Waals surface area contributed by atoms with E-state index < -0.39 is 28.7 Å². The normalized spacial score (nSPS) is 10.8. The van der Waals surface area contributed by atoms with Gasteiger partial charge in [-0.1, -0.05) is 6.07 Å². The van der Waals surface area contributed by atoms with E-state index in [0.717, 1.165) is 4.57 Å². The second kappa shape index (κ2) is 8.42. The van der Waals surface area contributed by atoms with Crippen LogP contribution in [0.3, 0.4) is 0 Å². The number of amides is 1. The number of pyridine rings is 2. The lowest BCUT2D eigenvalue weighted by Gasteiger charge is -2.15. The Kier molecular flexibility index (Phi) is 5.91. The first kappa shape index (κ1) is 21.8. The van der Waals surface area contributed by atoms with Gasteiger partial charge < -0.3 is 24.4 Å². The molecule has 31 heavy (non-hydrogen) atoms. The molecule has 2 heterocycles. The van der Waals surface area contributed by atoms with Gasteiger partial charge in [-0.05, 0) is 23.3 Å². The minimum absolute atomic E-state index is 0.0320. The highest BCUT2D eigenvalue weighted by atomic mass is 19.1. The van der Waals surface area contributed by atoms with Gasteiger partial charge in [-0.3, -0.25) is 14.6 Å². The molecule has 10 heteroatoms. The number of rotatable bonds is 6. The summed E-state index contributed by atoms with van der Waals surface area (Å²) in [6.07, 6.45) is 1.64. The highest BCUT2D eigenvalue weighted by molar-refractivity contribution is 5.97. The molecular weight excluding hydrogens is 409 g/mol. The second-order valence-corrected chi connectivity index (χ2v) is 7.11. The van der Waals surface area contributed by atoms with Gasteiger partial charge in [0.15, 0.2) is 17.9 Å². The van der Waals surface area contributed by atoms with Crippen molar-refractivity contribution in [2.24, 2.45) is 7.05 Å². The molecule has 3 aromatic rings. The lowest BCUT2D eigenvalue weighted by molar-refractivity contribution is -0.130. The maximum Gasteiger partial charge on any atom is 0.345 e. The van der Waals surface area contributed by atoms with Crippen molar-refractivity contribution in [1.82, 2.24) is 14.5 Å². The lowest BCUT2D eigenvalue weighted by Crippen LogP contribution is -2.27. The summed E-state index contributed by atoms with van der Waals surface area (Å²) in [4.78, 5) is 40.9. The number of aryl methyl sites for hydroxylation is 1. The molecule has 0 saturated heterocycles. The van der Waals surface area contributed by atoms with Gasteiger partial charge in [-0.2, -0.15) is 0 Å². The van der Waals surface area contributed by atoms with Gasteiger partial charge in [-0.15, -0.1) is 0 Å². The van der Waals surface area contributed by atoms with Crippen molar-refractivity contribution in [1.29, 1.82) is 0 Å². The van der Waals surface area contributed by atoms with Gasteiger partial charge in [0.1, 0.15) is 17.1 Å². The van der Waals surface area contributed by atoms with E-state index in [0.29, 0.717) is 11.1 Å². The summed E-state index contributed by atoms with van der Waals surface area (Å²) in [6.45, 7) is -0.264. The zero-order valence-corrected chi connectivity index (χ0v) is 17.0. The fraction of sp³-hybridized carbons (Fsp3) is 0.238. The molecule has 3 rings (SSSR count). The number of hydrogen-bond donors (Lipinski definition) is 2. The third-order valence-corrected chi connectivity index (χ3v) is 4.75. The van der Waals surface area contributed by atoms with Crippen molar-refractivity contribution in [2.45, 2.75) is 6.42 Å². The summed E-state index contributed by atoms with van der Waals surface area (Å²) in [5.74, 6) is -2.88. The molecule has 2 aromatic heterocycles. The first-order valence-electron chi connectivity index (χ1n) is 9.15. The molecule has 1 aromatic carbocycles. The SMILES string of the molecule is CN(C)C(=O)COc1cc(F)ccc1Cc1cnc2c(O)c(C(=O)O)c(=O)n(C)c2c1. The number of nitrogens with zero attached hydrogens (tertiary/aromatic N) is 3. The first-order chi connectivity index (χ1) is 14.6. The molecule has 0 bridgehead atoms. The number of likely N-dealkylation sites (N-methyl/N-ethyl adjacent to an activating group) is 1. The fourth-order valence-corrected chi connectivity index (χ4v) is 3.02. The van der Waals surface area contributed by atoms with Crippen molar-refractivity contribution in [3.8, 4) is 11.5 Å². The standard InChI is InChI=1S/C21H20FN3O6/c1-24(2)16(26)10-31-15-8-13(22)5-4-12(15)6-11-7-14-18(23-9-11)19(27)17(21(29)30)20(28)25(14)3/h4-5,7-9,27H,6,10H2,1-3H3,(H,29,30). The van der Waals surface area contributed by atoms with Gasteiger partial charge in [0, 0.05) is 39.8 Å². The lowest BCUT2D eigenvalue weighted by atomic mass is 10.0. The van der Waals surface area contributed by atoms with Gasteiger partial charge in [0.05, 0.1) is 5.52 Å². The molecule has 2 N–H and O–H groups in total. The number of halogens is 1. The maximum absolute atomic E-state index is 13.7. The van der Waals surface area contributed by atoms with Crippen LogP contribution < -0.4 is 10.3 Å². The number of aromatic carboxylic acids is 1. The molecule has 0 aliphatic rings. The van der Waals surface area contributed by atoms with E-state index >= 15 is 0 Å². The monoisotopic (exact) mass is 429 g/mol. The Morgan fingerprint density at radius 3 is 2.61 bits per heavy atom. The van der Waals surface area contributed by atoms with Crippen LogP contribution in [0.25, 0.3) is 11.0 Å². The molecule has 162 valence electrons. The summed E-state index contributed by atoms with van der Waals surface area (Å²) < 4.78 is 20.3. The number of aromatic hydroxyl groups is 1. The van der Waals surface area contributed by atoms with Crippen LogP contribution in [0.1, 0.15) is 21.5 Å². The number of carbonyl (C=O) groups is 2. The third kappa shape index (κ3) is 4.32. The van der Waals surface area contributed by atoms with Crippen LogP contribution >= 0.6 is 0 Å². The number of benzene rings is 1. The van der Waals surface area contributed by atoms with Crippen LogP contribution in [0.5, 0.6) is 11.5 Å². The minimum Gasteiger partial charge on any atom is -0.505 e. The molecule has 0 aliphatic carbocycles. The average molecular weight is 429 g/mol. The summed E-state index contributed by atoms with van der Waals surface area (Å²) >= 11 is 0. The zero-order valence-electron chi connectivity index (χ0n) is 17.0. The van der Waals surface area contributed by atoms with Crippen molar-refractivity contribution >= 4 is 22.9 Å². The Bertz CT molecular complexity index is 1250. The number of carboxylic acids is 1. The van der Waals surface area contributed by atoms with Crippen LogP contribution in [0, 0.1) is 5.82 Å². The zero-order chi connectivity index (χ0) is 22.9. The molecule has 0 atom stereocenters. The van der Waals surface area contributed by atoms with E-state index in [9.17, 15) is 29.0 Å². The largest absolute Gasteiger partial charge is 0.505 e. The van der Waals surface area contributed by atoms with Crippen molar-refractivity contribution in [3.05, 3.63) is 63.3 Å². The number of carboxylic acid groups (broad SMARTS) is 1. The Hall–Kier alpha value is -3.95. The first-order valence-corrected chi connectivity index (χ1v) is 9.15. The predicted molar refractivity (Wildman–Crippen MR) is 109 cm³/mol. The summed E-state index contributed by atoms with van der Waals surface area (Å²) in [5, 5.41) is 19.4. The second-order valence-electron chi connectivity index (χ2n) is 7.11. The van der Waals surface area contributed by atoms with Crippen LogP contribution in [-0.2, 0) is 18.3 Å². The number of carbonyl (C=O) groups excluding carboxylic acids is 1. The van der Waals surface area contributed by atoms with Crippen molar-refractivity contribution in [3.63, 3.8) is 0 Å². The Morgan fingerprint density at radius 2 is 1.97 bits per heavy atom. The average Bonchev–Trinajstić information content (AvgIpc) is 2.71. The van der Waals surface area contributed by atoms with Crippen LogP contribution in [0.15, 0.2) is 35.3 Å². The van der Waals surface area contributed by atoms with Gasteiger partial charge in [0.2, 0.25) is 0 Å². The Labute approximate surface area is 175 Å². The smallest absolute Gasteiger partial charge is 0.345 e. The molecule has 0 radical (unpaired) electrons. The summed E-state index contributed by atoms with van der Waals surface area (Å²) in [7, 11) is 4.53. The summed E-state index contributed by atoms with van der Waals surface area (Å²) in [5.41, 5.74) is -0.252. The van der Waals surface area contributed by atoms with Gasteiger partial charge in [-0.25, -0.2) is 9.18 Å². The van der Waals surface area contributed by atoms with E-state index in [4.69, 9.17) is 4.74 Å². The van der Waals surface area contributed by atoms with E-state index in [-0.39, 0.29) is 35.7 Å². The van der Waals surface area contributed by atoms with Crippen LogP contribution in [-0.4, -0.2) is 57.2 Å². The van der Waals surface area contributed by atoms with E-state index in [1.165, 1.54) is 36.3 Å². The Balaban J connectivity index is 2.00. The predicted octanol–water partition coefficient (Wildman–Crippen LogP) is 1.53. The fourth-order valence-electron chi connectivity index (χ4n) is 3.02. The quantitative estimate of drug-likeness (QED) is 0.609. The van der Waals surface area contributed by atoms with E-state index in [1.54, 1.807) is 20.2 Å². The molecule has 0 unspecified atom stereocenters. The van der Waals surface area contributed by atoms with Crippen molar-refractivity contribution in [2.75, 3.05) is 20.7 Å². The van der Waals surface area contributed by atoms with Gasteiger partial charge in [0.25, 0.3) is 11.5 Å². The molecule has 0 saturated carbocycles. The number of fused-ring (bicyclic) bond motifs is 1. The van der Waals surface area contributed by atoms with E-state index in [2.05, 4.69) is 4.98 Å². The van der Waals surface area contributed by atoms with Crippen molar-refractivity contribution < 1.29 is 28.9 Å². The highest BCUT2D eigenvalue weighted by Crippen LogP contribution is 2.27. The molecular formula is C21H20FN3O6. The number of ether oxygens (including phenoxy) is 1. The number of hydrogen-bond acceptors (Lipinski definition) is 6. The van der Waals surface area contributed by atoms with E-state index in [1.807, 2.05) is 0 Å². The minimum atomic E-state index is -1.55. The summed E-state index contributed by atoms with van der Waals surface area (Å²) in [6, 6.07) is 5.52. The highest BCUT2D eigenvalue weighted by Gasteiger charge is 2.21. The maximum atomic E-state index is 13.7. The van der Waals surface area contributed by atoms with Gasteiger partial charge >= 0.3 is 5.97 Å². The van der Waals surface area contributed by atoms with Crippen LogP contribution in [0.2, 0.25) is 0 Å². The molecule has 9 nitrogen and oxygen atoms in total. The molecule has 1 amide bonds. The third-order valence-electron chi connectivity index (χ3n) is 4.75.